The first kappa shape index (κ1) is 9.43. The molecule has 0 fully saturated rings. The van der Waals surface area contributed by atoms with Crippen molar-refractivity contribution in [3.63, 3.8) is 0 Å². The summed E-state index contributed by atoms with van der Waals surface area (Å²) in [4.78, 5) is 11.3. The molecular formula is C10H9NO2. The van der Waals surface area contributed by atoms with E-state index in [0.717, 1.165) is 0 Å². The Bertz CT molecular complexity index is 327. The van der Waals surface area contributed by atoms with Crippen LogP contribution in [0.1, 0.15) is 16.8 Å². The van der Waals surface area contributed by atoms with Crippen LogP contribution < -0.4 is 0 Å². The Balaban J connectivity index is 2.75. The molecule has 1 aromatic rings. The van der Waals surface area contributed by atoms with Crippen LogP contribution >= 0.6 is 0 Å². The maximum Gasteiger partial charge on any atom is 0.192 e. The van der Waals surface area contributed by atoms with Crippen LogP contribution in [0.2, 0.25) is 0 Å². The number of aliphatic hydroxyl groups excluding tert-OH is 1. The molecular weight excluding hydrogens is 166 g/mol. The average molecular weight is 175 g/mol. The molecule has 3 heteroatoms. The summed E-state index contributed by atoms with van der Waals surface area (Å²) in [5.74, 6) is -0.401. The van der Waals surface area contributed by atoms with Gasteiger partial charge in [0.05, 0.1) is 12.5 Å². The maximum absolute atomic E-state index is 11.3. The van der Waals surface area contributed by atoms with Gasteiger partial charge in [0.25, 0.3) is 0 Å². The molecule has 0 aromatic heterocycles. The predicted molar refractivity (Wildman–Crippen MR) is 47.0 cm³/mol. The Morgan fingerprint density at radius 3 is 2.62 bits per heavy atom. The number of nitriles is 1. The van der Waals surface area contributed by atoms with Gasteiger partial charge in [-0.1, -0.05) is 30.3 Å². The predicted octanol–water partition coefficient (Wildman–Crippen LogP) is 1.14. The minimum absolute atomic E-state index is 0.159. The molecule has 0 amide bonds. The molecule has 0 spiro atoms. The summed E-state index contributed by atoms with van der Waals surface area (Å²) in [5, 5.41) is 17.5. The van der Waals surface area contributed by atoms with Gasteiger partial charge in [0, 0.05) is 5.56 Å². The zero-order valence-electron chi connectivity index (χ0n) is 6.97. The van der Waals surface area contributed by atoms with Gasteiger partial charge in [0.15, 0.2) is 5.78 Å². The van der Waals surface area contributed by atoms with Crippen LogP contribution in [0.3, 0.4) is 0 Å². The van der Waals surface area contributed by atoms with Crippen molar-refractivity contribution in [1.29, 1.82) is 5.26 Å². The molecule has 0 saturated carbocycles. The Labute approximate surface area is 76.2 Å². The van der Waals surface area contributed by atoms with Gasteiger partial charge in [-0.25, -0.2) is 0 Å². The summed E-state index contributed by atoms with van der Waals surface area (Å²) in [6, 6.07) is 10.2. The zero-order valence-corrected chi connectivity index (χ0v) is 6.97. The second-order valence-electron chi connectivity index (χ2n) is 2.61. The molecule has 1 unspecified atom stereocenters. The van der Waals surface area contributed by atoms with Gasteiger partial charge in [-0.15, -0.1) is 0 Å². The van der Waals surface area contributed by atoms with Crippen LogP contribution in [0.4, 0.5) is 0 Å². The standard InChI is InChI=1S/C10H9NO2/c11-7-6-9(12)10(13)8-4-2-1-3-5-8/h1-5,9,12H,6H2. The van der Waals surface area contributed by atoms with Crippen molar-refractivity contribution in [2.24, 2.45) is 0 Å². The number of hydrogen-bond acceptors (Lipinski definition) is 3. The molecule has 1 N–H and O–H groups in total. The van der Waals surface area contributed by atoms with Crippen molar-refractivity contribution in [2.75, 3.05) is 0 Å². The lowest BCUT2D eigenvalue weighted by Gasteiger charge is -2.04. The summed E-state index contributed by atoms with van der Waals surface area (Å²) >= 11 is 0. The first-order chi connectivity index (χ1) is 6.25. The van der Waals surface area contributed by atoms with E-state index >= 15 is 0 Å². The van der Waals surface area contributed by atoms with Gasteiger partial charge in [-0.3, -0.25) is 4.79 Å². The number of ketones is 1. The van der Waals surface area contributed by atoms with E-state index in [1.165, 1.54) is 0 Å². The number of benzene rings is 1. The van der Waals surface area contributed by atoms with E-state index in [4.69, 9.17) is 5.26 Å². The quantitative estimate of drug-likeness (QED) is 0.701. The van der Waals surface area contributed by atoms with Gasteiger partial charge < -0.3 is 5.11 Å². The van der Waals surface area contributed by atoms with Gasteiger partial charge in [0.1, 0.15) is 6.10 Å². The third-order valence-electron chi connectivity index (χ3n) is 1.65. The Hall–Kier alpha value is -1.66. The third kappa shape index (κ3) is 2.39. The van der Waals surface area contributed by atoms with Crippen molar-refractivity contribution in [2.45, 2.75) is 12.5 Å². The van der Waals surface area contributed by atoms with Crippen LogP contribution in [-0.4, -0.2) is 17.0 Å². The molecule has 1 atom stereocenters. The van der Waals surface area contributed by atoms with Crippen LogP contribution in [0.15, 0.2) is 30.3 Å². The Kier molecular flexibility index (Phi) is 3.18. The number of nitrogens with zero attached hydrogens (tertiary/aromatic N) is 1. The van der Waals surface area contributed by atoms with E-state index in [2.05, 4.69) is 0 Å². The lowest BCUT2D eigenvalue weighted by Crippen LogP contribution is -2.19. The fourth-order valence-corrected chi connectivity index (χ4v) is 0.974. The molecule has 0 saturated heterocycles. The molecule has 0 heterocycles. The van der Waals surface area contributed by atoms with Crippen LogP contribution in [-0.2, 0) is 0 Å². The van der Waals surface area contributed by atoms with Gasteiger partial charge in [-0.2, -0.15) is 5.26 Å². The lowest BCUT2D eigenvalue weighted by molar-refractivity contribution is 0.0756. The van der Waals surface area contributed by atoms with E-state index in [-0.39, 0.29) is 6.42 Å². The van der Waals surface area contributed by atoms with E-state index in [1.807, 2.05) is 0 Å². The van der Waals surface area contributed by atoms with Crippen molar-refractivity contribution in [1.82, 2.24) is 0 Å². The van der Waals surface area contributed by atoms with E-state index < -0.39 is 11.9 Å². The van der Waals surface area contributed by atoms with Crippen LogP contribution in [0.25, 0.3) is 0 Å². The molecule has 13 heavy (non-hydrogen) atoms. The number of Topliss-reactive ketones (excluding diaryl/α,β-unsaturated/α-hetero) is 1. The van der Waals surface area contributed by atoms with Gasteiger partial charge in [-0.05, 0) is 0 Å². The Morgan fingerprint density at radius 2 is 2.08 bits per heavy atom. The maximum atomic E-state index is 11.3. The largest absolute Gasteiger partial charge is 0.384 e. The summed E-state index contributed by atoms with van der Waals surface area (Å²) in [5.41, 5.74) is 0.435. The van der Waals surface area contributed by atoms with Gasteiger partial charge in [0.2, 0.25) is 0 Å². The summed E-state index contributed by atoms with van der Waals surface area (Å²) in [7, 11) is 0. The minimum atomic E-state index is -1.20. The highest BCUT2D eigenvalue weighted by molar-refractivity contribution is 5.99. The second kappa shape index (κ2) is 4.39. The van der Waals surface area contributed by atoms with Gasteiger partial charge >= 0.3 is 0 Å². The summed E-state index contributed by atoms with van der Waals surface area (Å²) in [6.45, 7) is 0. The fourth-order valence-electron chi connectivity index (χ4n) is 0.974. The first-order valence-electron chi connectivity index (χ1n) is 3.90. The molecule has 0 aliphatic carbocycles. The SMILES string of the molecule is N#CCC(O)C(=O)c1ccccc1. The van der Waals surface area contributed by atoms with Crippen molar-refractivity contribution in [3.05, 3.63) is 35.9 Å². The molecule has 1 aromatic carbocycles. The molecule has 66 valence electrons. The monoisotopic (exact) mass is 175 g/mol. The van der Waals surface area contributed by atoms with Crippen molar-refractivity contribution < 1.29 is 9.90 Å². The number of carbonyl (C=O) groups is 1. The Morgan fingerprint density at radius 1 is 1.46 bits per heavy atom. The van der Waals surface area contributed by atoms with E-state index in [0.29, 0.717) is 5.56 Å². The summed E-state index contributed by atoms with van der Waals surface area (Å²) in [6.07, 6.45) is -1.36. The van der Waals surface area contributed by atoms with E-state index in [1.54, 1.807) is 36.4 Å². The lowest BCUT2D eigenvalue weighted by atomic mass is 10.1. The molecule has 3 nitrogen and oxygen atoms in total. The van der Waals surface area contributed by atoms with Crippen molar-refractivity contribution >= 4 is 5.78 Å². The third-order valence-corrected chi connectivity index (χ3v) is 1.65. The molecule has 0 aliphatic rings. The molecule has 0 bridgehead atoms. The summed E-state index contributed by atoms with van der Waals surface area (Å²) < 4.78 is 0. The van der Waals surface area contributed by atoms with E-state index in [9.17, 15) is 9.90 Å². The highest BCUT2D eigenvalue weighted by Crippen LogP contribution is 2.05. The first-order valence-corrected chi connectivity index (χ1v) is 3.90. The highest BCUT2D eigenvalue weighted by Gasteiger charge is 2.15. The topological polar surface area (TPSA) is 61.1 Å². The number of aliphatic hydroxyl groups is 1. The van der Waals surface area contributed by atoms with Crippen LogP contribution in [0, 0.1) is 11.3 Å². The fraction of sp³-hybridized carbons (Fsp3) is 0.200. The van der Waals surface area contributed by atoms with Crippen molar-refractivity contribution in [3.8, 4) is 6.07 Å². The number of rotatable bonds is 3. The minimum Gasteiger partial charge on any atom is -0.384 e. The molecule has 1 rings (SSSR count). The zero-order chi connectivity index (χ0) is 9.68. The smallest absolute Gasteiger partial charge is 0.192 e. The normalized spacial score (nSPS) is 11.7. The highest BCUT2D eigenvalue weighted by atomic mass is 16.3. The van der Waals surface area contributed by atoms with Crippen LogP contribution in [0.5, 0.6) is 0 Å². The molecule has 0 aliphatic heterocycles. The number of hydrogen-bond donors (Lipinski definition) is 1. The molecule has 0 radical (unpaired) electrons. The number of carbonyl (C=O) groups excluding carboxylic acids is 1. The average Bonchev–Trinajstić information content (AvgIpc) is 2.18. The second-order valence-corrected chi connectivity index (χ2v) is 2.61.